The summed E-state index contributed by atoms with van der Waals surface area (Å²) in [6, 6.07) is 5.02. The first-order valence-electron chi connectivity index (χ1n) is 4.71. The van der Waals surface area contributed by atoms with Gasteiger partial charge in [-0.25, -0.2) is 0 Å². The lowest BCUT2D eigenvalue weighted by atomic mass is 10.1. The Bertz CT molecular complexity index is 461. The van der Waals surface area contributed by atoms with Crippen molar-refractivity contribution in [3.63, 3.8) is 0 Å². The molecule has 16 heavy (non-hydrogen) atoms. The molecule has 0 bridgehead atoms. The second-order valence-electron chi connectivity index (χ2n) is 3.96. The number of hydrogen-bond donors (Lipinski definition) is 2. The smallest absolute Gasteiger partial charge is 0.252 e. The van der Waals surface area contributed by atoms with Gasteiger partial charge in [0.2, 0.25) is 0 Å². The fraction of sp³-hybridized carbons (Fsp3) is 0.250. The highest BCUT2D eigenvalue weighted by atomic mass is 79.9. The Kier molecular flexibility index (Phi) is 3.61. The van der Waals surface area contributed by atoms with Crippen molar-refractivity contribution in [2.24, 2.45) is 0 Å². The Morgan fingerprint density at radius 1 is 1.56 bits per heavy atom. The number of terminal acetylenes is 1. The molecular weight excluding hydrogens is 268 g/mol. The quantitative estimate of drug-likeness (QED) is 0.645. The largest absolute Gasteiger partial charge is 0.398 e. The molecule has 1 amide bonds. The van der Waals surface area contributed by atoms with Gasteiger partial charge in [-0.15, -0.1) is 6.42 Å². The predicted octanol–water partition coefficient (Wildman–Crippen LogP) is 2.17. The first kappa shape index (κ1) is 12.6. The Morgan fingerprint density at radius 2 is 2.19 bits per heavy atom. The maximum absolute atomic E-state index is 11.8. The fourth-order valence-corrected chi connectivity index (χ4v) is 1.32. The van der Waals surface area contributed by atoms with E-state index in [9.17, 15) is 4.79 Å². The molecule has 0 saturated carbocycles. The molecule has 0 aromatic heterocycles. The first-order valence-corrected chi connectivity index (χ1v) is 5.50. The topological polar surface area (TPSA) is 55.1 Å². The second-order valence-corrected chi connectivity index (χ2v) is 4.81. The number of amides is 1. The summed E-state index contributed by atoms with van der Waals surface area (Å²) in [6.45, 7) is 3.51. The van der Waals surface area contributed by atoms with Gasteiger partial charge in [-0.1, -0.05) is 5.92 Å². The lowest BCUT2D eigenvalue weighted by molar-refractivity contribution is 0.0930. The van der Waals surface area contributed by atoms with Crippen molar-refractivity contribution in [1.29, 1.82) is 0 Å². The van der Waals surface area contributed by atoms with E-state index >= 15 is 0 Å². The van der Waals surface area contributed by atoms with E-state index in [-0.39, 0.29) is 5.91 Å². The maximum atomic E-state index is 11.8. The lowest BCUT2D eigenvalue weighted by Crippen LogP contribution is -2.42. The van der Waals surface area contributed by atoms with Crippen LogP contribution in [0.3, 0.4) is 0 Å². The summed E-state index contributed by atoms with van der Waals surface area (Å²) in [5.41, 5.74) is 6.03. The molecule has 0 radical (unpaired) electrons. The molecule has 0 unspecified atom stereocenters. The SMILES string of the molecule is C#CC(C)(C)NC(=O)c1ccc(Br)c(N)c1. The van der Waals surface area contributed by atoms with Gasteiger partial charge in [0.1, 0.15) is 0 Å². The number of carbonyl (C=O) groups excluding carboxylic acids is 1. The van der Waals surface area contributed by atoms with Gasteiger partial charge in [0.15, 0.2) is 0 Å². The zero-order chi connectivity index (χ0) is 12.3. The van der Waals surface area contributed by atoms with Gasteiger partial charge in [-0.2, -0.15) is 0 Å². The third kappa shape index (κ3) is 3.01. The van der Waals surface area contributed by atoms with E-state index in [1.54, 1.807) is 32.0 Å². The van der Waals surface area contributed by atoms with Crippen LogP contribution in [0.15, 0.2) is 22.7 Å². The van der Waals surface area contributed by atoms with E-state index in [0.717, 1.165) is 4.47 Å². The van der Waals surface area contributed by atoms with E-state index < -0.39 is 5.54 Å². The maximum Gasteiger partial charge on any atom is 0.252 e. The van der Waals surface area contributed by atoms with Crippen LogP contribution >= 0.6 is 15.9 Å². The minimum atomic E-state index is -0.668. The van der Waals surface area contributed by atoms with Crippen LogP contribution in [0, 0.1) is 12.3 Å². The van der Waals surface area contributed by atoms with Crippen LogP contribution in [0.4, 0.5) is 5.69 Å². The van der Waals surface area contributed by atoms with E-state index in [1.165, 1.54) is 0 Å². The molecule has 0 aliphatic heterocycles. The first-order chi connectivity index (χ1) is 7.35. The molecule has 3 nitrogen and oxygen atoms in total. The van der Waals surface area contributed by atoms with Crippen LogP contribution in [0.2, 0.25) is 0 Å². The molecule has 1 rings (SSSR count). The van der Waals surface area contributed by atoms with Gasteiger partial charge in [-0.3, -0.25) is 4.79 Å². The van der Waals surface area contributed by atoms with Crippen LogP contribution in [-0.4, -0.2) is 11.4 Å². The molecular formula is C12H13BrN2O. The molecule has 4 heteroatoms. The van der Waals surface area contributed by atoms with Gasteiger partial charge in [0, 0.05) is 15.7 Å². The van der Waals surface area contributed by atoms with Crippen molar-refractivity contribution in [2.75, 3.05) is 5.73 Å². The molecule has 0 aliphatic carbocycles. The zero-order valence-electron chi connectivity index (χ0n) is 9.17. The molecule has 0 fully saturated rings. The summed E-state index contributed by atoms with van der Waals surface area (Å²) in [5.74, 6) is 2.26. The number of anilines is 1. The summed E-state index contributed by atoms with van der Waals surface area (Å²) in [6.07, 6.45) is 5.29. The van der Waals surface area contributed by atoms with Gasteiger partial charge < -0.3 is 11.1 Å². The number of halogens is 1. The molecule has 0 spiro atoms. The van der Waals surface area contributed by atoms with Crippen LogP contribution in [0.1, 0.15) is 24.2 Å². The summed E-state index contributed by atoms with van der Waals surface area (Å²) in [4.78, 5) is 11.8. The highest BCUT2D eigenvalue weighted by Crippen LogP contribution is 2.20. The van der Waals surface area contributed by atoms with E-state index in [0.29, 0.717) is 11.3 Å². The van der Waals surface area contributed by atoms with E-state index in [2.05, 4.69) is 27.2 Å². The predicted molar refractivity (Wildman–Crippen MR) is 68.9 cm³/mol. The molecule has 84 valence electrons. The minimum Gasteiger partial charge on any atom is -0.398 e. The Morgan fingerprint density at radius 3 is 2.69 bits per heavy atom. The fourth-order valence-electron chi connectivity index (χ4n) is 1.08. The highest BCUT2D eigenvalue weighted by molar-refractivity contribution is 9.10. The van der Waals surface area contributed by atoms with Gasteiger partial charge in [0.05, 0.1) is 5.54 Å². The Balaban J connectivity index is 2.91. The van der Waals surface area contributed by atoms with Crippen molar-refractivity contribution < 1.29 is 4.79 Å². The number of nitrogens with one attached hydrogen (secondary N) is 1. The van der Waals surface area contributed by atoms with Crippen molar-refractivity contribution >= 4 is 27.5 Å². The average molecular weight is 281 g/mol. The molecule has 0 atom stereocenters. The number of nitrogens with two attached hydrogens (primary N) is 1. The van der Waals surface area contributed by atoms with Crippen molar-refractivity contribution in [1.82, 2.24) is 5.32 Å². The minimum absolute atomic E-state index is 0.234. The van der Waals surface area contributed by atoms with Crippen LogP contribution < -0.4 is 11.1 Å². The molecule has 0 aliphatic rings. The van der Waals surface area contributed by atoms with Crippen molar-refractivity contribution in [2.45, 2.75) is 19.4 Å². The molecule has 0 saturated heterocycles. The highest BCUT2D eigenvalue weighted by Gasteiger charge is 2.18. The van der Waals surface area contributed by atoms with Gasteiger partial charge in [0.25, 0.3) is 5.91 Å². The molecule has 1 aromatic rings. The molecule has 1 aromatic carbocycles. The average Bonchev–Trinajstić information content (AvgIpc) is 2.21. The van der Waals surface area contributed by atoms with Gasteiger partial charge >= 0.3 is 0 Å². The Labute approximate surface area is 104 Å². The number of hydrogen-bond acceptors (Lipinski definition) is 2. The lowest BCUT2D eigenvalue weighted by Gasteiger charge is -2.19. The summed E-state index contributed by atoms with van der Waals surface area (Å²) in [7, 11) is 0. The number of nitrogen functional groups attached to an aromatic ring is 1. The number of rotatable bonds is 2. The monoisotopic (exact) mass is 280 g/mol. The summed E-state index contributed by atoms with van der Waals surface area (Å²) >= 11 is 3.26. The zero-order valence-corrected chi connectivity index (χ0v) is 10.8. The molecule has 3 N–H and O–H groups in total. The van der Waals surface area contributed by atoms with Crippen molar-refractivity contribution in [3.05, 3.63) is 28.2 Å². The third-order valence-corrected chi connectivity index (χ3v) is 2.77. The third-order valence-electron chi connectivity index (χ3n) is 2.05. The van der Waals surface area contributed by atoms with Crippen LogP contribution in [0.5, 0.6) is 0 Å². The summed E-state index contributed by atoms with van der Waals surface area (Å²) < 4.78 is 0.764. The Hall–Kier alpha value is -1.47. The summed E-state index contributed by atoms with van der Waals surface area (Å²) in [5, 5.41) is 2.72. The van der Waals surface area contributed by atoms with Crippen LogP contribution in [-0.2, 0) is 0 Å². The molecule has 0 heterocycles. The van der Waals surface area contributed by atoms with E-state index in [1.807, 2.05) is 0 Å². The number of benzene rings is 1. The van der Waals surface area contributed by atoms with Crippen LogP contribution in [0.25, 0.3) is 0 Å². The van der Waals surface area contributed by atoms with Gasteiger partial charge in [-0.05, 0) is 48.0 Å². The van der Waals surface area contributed by atoms with E-state index in [4.69, 9.17) is 12.2 Å². The number of carbonyl (C=O) groups is 1. The normalized spacial score (nSPS) is 10.6. The van der Waals surface area contributed by atoms with Crippen molar-refractivity contribution in [3.8, 4) is 12.3 Å². The second kappa shape index (κ2) is 4.58. The standard InChI is InChI=1S/C12H13BrN2O/c1-4-12(2,3)15-11(16)8-5-6-9(13)10(14)7-8/h1,5-7H,14H2,2-3H3,(H,15,16).